The van der Waals surface area contributed by atoms with E-state index >= 15 is 0 Å². The first kappa shape index (κ1) is 21.4. The summed E-state index contributed by atoms with van der Waals surface area (Å²) >= 11 is 4.79. The van der Waals surface area contributed by atoms with Crippen molar-refractivity contribution in [1.82, 2.24) is 19.9 Å². The second-order valence-corrected chi connectivity index (χ2v) is 10.2. The zero-order valence-corrected chi connectivity index (χ0v) is 20.4. The first-order valence-electron chi connectivity index (χ1n) is 10.5. The molecule has 4 aromatic heterocycles. The number of fused-ring (bicyclic) bond motifs is 1. The average Bonchev–Trinajstić information content (AvgIpc) is 3.55. The van der Waals surface area contributed by atoms with Crippen LogP contribution in [0.1, 0.15) is 27.9 Å². The molecule has 10 heteroatoms. The van der Waals surface area contributed by atoms with E-state index in [2.05, 4.69) is 42.0 Å². The molecule has 32 heavy (non-hydrogen) atoms. The Morgan fingerprint density at radius 1 is 1.19 bits per heavy atom. The Hall–Kier alpha value is -2.40. The van der Waals surface area contributed by atoms with Gasteiger partial charge in [-0.05, 0) is 30.9 Å². The molecule has 0 saturated carbocycles. The maximum atomic E-state index is 12.3. The number of anilines is 1. The largest absolute Gasteiger partial charge is 0.462 e. The zero-order chi connectivity index (χ0) is 22.1. The molecule has 1 fully saturated rings. The first-order valence-corrected chi connectivity index (χ1v) is 13.1. The van der Waals surface area contributed by atoms with Crippen molar-refractivity contribution in [2.24, 2.45) is 0 Å². The molecule has 0 N–H and O–H groups in total. The second kappa shape index (κ2) is 9.22. The first-order chi connectivity index (χ1) is 15.6. The molecule has 0 bridgehead atoms. The Morgan fingerprint density at radius 3 is 2.78 bits per heavy atom. The fraction of sp³-hybridized carbons (Fsp3) is 0.364. The van der Waals surface area contributed by atoms with E-state index in [0.717, 1.165) is 65.0 Å². The lowest BCUT2D eigenvalue weighted by Gasteiger charge is -2.35. The van der Waals surface area contributed by atoms with E-state index in [1.54, 1.807) is 29.0 Å². The number of esters is 1. The van der Waals surface area contributed by atoms with Gasteiger partial charge in [-0.3, -0.25) is 4.90 Å². The molecular formula is C22H23N5O2S3. The molecule has 5 rings (SSSR count). The molecule has 0 spiro atoms. The molecule has 7 nitrogen and oxygen atoms in total. The third kappa shape index (κ3) is 4.15. The van der Waals surface area contributed by atoms with Crippen LogP contribution in [0.15, 0.2) is 28.5 Å². The lowest BCUT2D eigenvalue weighted by Crippen LogP contribution is -2.46. The molecule has 0 unspecified atom stereocenters. The Kier molecular flexibility index (Phi) is 6.18. The summed E-state index contributed by atoms with van der Waals surface area (Å²) in [7, 11) is 0. The average molecular weight is 486 g/mol. The highest BCUT2D eigenvalue weighted by molar-refractivity contribution is 7.20. The summed E-state index contributed by atoms with van der Waals surface area (Å²) in [6.45, 7) is 8.62. The molecule has 0 aromatic carbocycles. The van der Waals surface area contributed by atoms with Gasteiger partial charge in [0.2, 0.25) is 0 Å². The van der Waals surface area contributed by atoms with Crippen LogP contribution < -0.4 is 4.90 Å². The molecule has 0 radical (unpaired) electrons. The number of ether oxygens (including phenoxy) is 1. The van der Waals surface area contributed by atoms with Gasteiger partial charge in [0.25, 0.3) is 0 Å². The maximum absolute atomic E-state index is 12.3. The van der Waals surface area contributed by atoms with Crippen LogP contribution in [0, 0.1) is 6.92 Å². The number of hydrogen-bond donors (Lipinski definition) is 0. The normalized spacial score (nSPS) is 14.9. The number of rotatable bonds is 6. The monoisotopic (exact) mass is 485 g/mol. The molecular weight excluding hydrogens is 462 g/mol. The zero-order valence-electron chi connectivity index (χ0n) is 17.9. The summed E-state index contributed by atoms with van der Waals surface area (Å²) in [6.07, 6.45) is 1.59. The lowest BCUT2D eigenvalue weighted by atomic mass is 10.2. The van der Waals surface area contributed by atoms with Gasteiger partial charge in [0.05, 0.1) is 17.7 Å². The number of aromatic nitrogens is 3. The van der Waals surface area contributed by atoms with Gasteiger partial charge in [-0.25, -0.2) is 19.7 Å². The Bertz CT molecular complexity index is 1230. The topological polar surface area (TPSA) is 71.5 Å². The van der Waals surface area contributed by atoms with E-state index in [1.807, 2.05) is 13.8 Å². The van der Waals surface area contributed by atoms with Crippen molar-refractivity contribution in [3.8, 4) is 10.6 Å². The van der Waals surface area contributed by atoms with Gasteiger partial charge in [0, 0.05) is 49.0 Å². The van der Waals surface area contributed by atoms with Crippen molar-refractivity contribution < 1.29 is 9.53 Å². The SMILES string of the molecule is CCOC(=O)c1sc2ncnc(N3CCN(Cc4csc(-c5ccsc5)n4)CC3)c2c1C. The van der Waals surface area contributed by atoms with Crippen molar-refractivity contribution in [2.45, 2.75) is 20.4 Å². The number of piperazine rings is 1. The van der Waals surface area contributed by atoms with Gasteiger partial charge in [-0.15, -0.1) is 22.7 Å². The van der Waals surface area contributed by atoms with Crippen LogP contribution in [0.5, 0.6) is 0 Å². The number of thiophene rings is 2. The van der Waals surface area contributed by atoms with Gasteiger partial charge in [-0.1, -0.05) is 0 Å². The van der Waals surface area contributed by atoms with Gasteiger partial charge in [0.15, 0.2) is 0 Å². The van der Waals surface area contributed by atoms with Crippen molar-refractivity contribution in [3.05, 3.63) is 44.7 Å². The van der Waals surface area contributed by atoms with Crippen molar-refractivity contribution in [3.63, 3.8) is 0 Å². The van der Waals surface area contributed by atoms with Crippen molar-refractivity contribution in [2.75, 3.05) is 37.7 Å². The second-order valence-electron chi connectivity index (χ2n) is 7.57. The minimum Gasteiger partial charge on any atom is -0.462 e. The highest BCUT2D eigenvalue weighted by Crippen LogP contribution is 2.35. The highest BCUT2D eigenvalue weighted by atomic mass is 32.1. The molecule has 0 atom stereocenters. The summed E-state index contributed by atoms with van der Waals surface area (Å²) in [4.78, 5) is 32.3. The maximum Gasteiger partial charge on any atom is 0.348 e. The summed E-state index contributed by atoms with van der Waals surface area (Å²) in [6, 6.07) is 2.12. The van der Waals surface area contributed by atoms with Crippen LogP contribution >= 0.6 is 34.0 Å². The third-order valence-electron chi connectivity index (χ3n) is 5.54. The molecule has 1 saturated heterocycles. The van der Waals surface area contributed by atoms with E-state index in [9.17, 15) is 4.79 Å². The van der Waals surface area contributed by atoms with Crippen molar-refractivity contribution in [1.29, 1.82) is 0 Å². The molecule has 166 valence electrons. The number of aryl methyl sites for hydroxylation is 1. The predicted molar refractivity (Wildman–Crippen MR) is 131 cm³/mol. The summed E-state index contributed by atoms with van der Waals surface area (Å²) < 4.78 is 5.22. The molecule has 4 aromatic rings. The van der Waals surface area contributed by atoms with Gasteiger partial charge >= 0.3 is 5.97 Å². The van der Waals surface area contributed by atoms with E-state index in [1.165, 1.54) is 16.9 Å². The van der Waals surface area contributed by atoms with Crippen molar-refractivity contribution >= 4 is 56.0 Å². The fourth-order valence-electron chi connectivity index (χ4n) is 3.93. The van der Waals surface area contributed by atoms with Gasteiger partial charge in [-0.2, -0.15) is 11.3 Å². The van der Waals surface area contributed by atoms with Crippen LogP contribution in [0.4, 0.5) is 5.82 Å². The standard InChI is InChI=1S/C22H23N5O2S3/c1-3-29-22(28)18-14(2)17-19(23-13-24-21(17)32-18)27-7-5-26(6-8-27)10-16-12-31-20(25-16)15-4-9-30-11-15/h4,9,11-13H,3,5-8,10H2,1-2H3. The Labute approximate surface area is 198 Å². The molecule has 5 heterocycles. The lowest BCUT2D eigenvalue weighted by molar-refractivity contribution is 0.0531. The smallest absolute Gasteiger partial charge is 0.348 e. The summed E-state index contributed by atoms with van der Waals surface area (Å²) in [5.41, 5.74) is 3.24. The molecule has 0 amide bonds. The quantitative estimate of drug-likeness (QED) is 0.367. The minimum atomic E-state index is -0.283. The van der Waals surface area contributed by atoms with E-state index in [4.69, 9.17) is 9.72 Å². The van der Waals surface area contributed by atoms with E-state index < -0.39 is 0 Å². The van der Waals surface area contributed by atoms with Gasteiger partial charge in [0.1, 0.15) is 26.9 Å². The van der Waals surface area contributed by atoms with E-state index in [0.29, 0.717) is 11.5 Å². The number of hydrogen-bond acceptors (Lipinski definition) is 10. The third-order valence-corrected chi connectivity index (χ3v) is 8.35. The van der Waals surface area contributed by atoms with Crippen LogP contribution in [0.2, 0.25) is 0 Å². The molecule has 1 aliphatic heterocycles. The molecule has 1 aliphatic rings. The van der Waals surface area contributed by atoms with Crippen LogP contribution in [-0.4, -0.2) is 58.6 Å². The number of carbonyl (C=O) groups is 1. The summed E-state index contributed by atoms with van der Waals surface area (Å²) in [5, 5.41) is 8.45. The van der Waals surface area contributed by atoms with Crippen LogP contribution in [0.25, 0.3) is 20.8 Å². The predicted octanol–water partition coefficient (Wildman–Crippen LogP) is 4.68. The highest BCUT2D eigenvalue weighted by Gasteiger charge is 2.25. The van der Waals surface area contributed by atoms with Gasteiger partial charge < -0.3 is 9.64 Å². The van der Waals surface area contributed by atoms with E-state index in [-0.39, 0.29) is 5.97 Å². The Morgan fingerprint density at radius 2 is 2.03 bits per heavy atom. The number of nitrogens with zero attached hydrogens (tertiary/aromatic N) is 5. The molecule has 0 aliphatic carbocycles. The Balaban J connectivity index is 1.28. The number of carbonyl (C=O) groups excluding carboxylic acids is 1. The number of thiazole rings is 1. The van der Waals surface area contributed by atoms with Crippen LogP contribution in [0.3, 0.4) is 0 Å². The van der Waals surface area contributed by atoms with Crippen LogP contribution in [-0.2, 0) is 11.3 Å². The minimum absolute atomic E-state index is 0.283. The summed E-state index contributed by atoms with van der Waals surface area (Å²) in [5.74, 6) is 0.626. The fourth-order valence-corrected chi connectivity index (χ4v) is 6.49.